The minimum absolute atomic E-state index is 0.104. The number of rotatable bonds is 6. The highest BCUT2D eigenvalue weighted by molar-refractivity contribution is 7.93. The zero-order valence-electron chi connectivity index (χ0n) is 16.1. The molecule has 31 heavy (non-hydrogen) atoms. The van der Waals surface area contributed by atoms with Gasteiger partial charge in [0.25, 0.3) is 10.0 Å². The third-order valence-electron chi connectivity index (χ3n) is 4.18. The van der Waals surface area contributed by atoms with E-state index >= 15 is 0 Å². The number of carboxylic acid groups (broad SMARTS) is 1. The fraction of sp³-hybridized carbons (Fsp3) is 0.438. The summed E-state index contributed by atoms with van der Waals surface area (Å²) < 4.78 is 62.7. The molecule has 1 aliphatic rings. The van der Waals surface area contributed by atoms with Crippen LogP contribution in [-0.2, 0) is 14.8 Å². The van der Waals surface area contributed by atoms with Crippen molar-refractivity contribution in [2.24, 2.45) is 0 Å². The van der Waals surface area contributed by atoms with Gasteiger partial charge in [0.15, 0.2) is 0 Å². The molecule has 1 aliphatic heterocycles. The molecule has 3 rings (SSSR count). The number of hydrogen-bond acceptors (Lipinski definition) is 8. The minimum atomic E-state index is -5.08. The molecule has 172 valence electrons. The van der Waals surface area contributed by atoms with E-state index < -0.39 is 22.2 Å². The van der Waals surface area contributed by atoms with Crippen LogP contribution in [0.5, 0.6) is 0 Å². The molecule has 2 aromatic rings. The zero-order chi connectivity index (χ0) is 23.2. The number of carboxylic acids is 1. The maximum atomic E-state index is 12.4. The van der Waals surface area contributed by atoms with Crippen molar-refractivity contribution in [2.75, 3.05) is 29.3 Å². The summed E-state index contributed by atoms with van der Waals surface area (Å²) in [5, 5.41) is 11.1. The van der Waals surface area contributed by atoms with Gasteiger partial charge in [-0.15, -0.1) is 0 Å². The van der Waals surface area contributed by atoms with Crippen LogP contribution < -0.4 is 14.9 Å². The molecule has 1 aromatic carbocycles. The van der Waals surface area contributed by atoms with E-state index in [9.17, 15) is 21.6 Å². The molecule has 1 unspecified atom stereocenters. The predicted octanol–water partition coefficient (Wildman–Crippen LogP) is 2.81. The summed E-state index contributed by atoms with van der Waals surface area (Å²) in [4.78, 5) is 15.0. The van der Waals surface area contributed by atoms with Gasteiger partial charge in [0, 0.05) is 30.7 Å². The molecule has 15 heteroatoms. The highest BCUT2D eigenvalue weighted by atomic mass is 35.5. The second kappa shape index (κ2) is 10.4. The van der Waals surface area contributed by atoms with Crippen LogP contribution in [0.25, 0.3) is 0 Å². The fourth-order valence-electron chi connectivity index (χ4n) is 2.81. The number of hydrogen-bond donors (Lipinski definition) is 3. The summed E-state index contributed by atoms with van der Waals surface area (Å²) in [6.07, 6.45) is -2.74. The van der Waals surface area contributed by atoms with Crippen molar-refractivity contribution < 1.29 is 31.5 Å². The Morgan fingerprint density at radius 2 is 2.13 bits per heavy atom. The van der Waals surface area contributed by atoms with Crippen molar-refractivity contribution in [3.05, 3.63) is 29.5 Å². The molecule has 9 nitrogen and oxygen atoms in total. The highest BCUT2D eigenvalue weighted by Gasteiger charge is 2.38. The minimum Gasteiger partial charge on any atom is -0.475 e. The average molecular weight is 502 g/mol. The highest BCUT2D eigenvalue weighted by Crippen LogP contribution is 2.31. The van der Waals surface area contributed by atoms with Crippen LogP contribution in [0.2, 0.25) is 5.02 Å². The summed E-state index contributed by atoms with van der Waals surface area (Å²) in [6, 6.07) is 5.18. The first kappa shape index (κ1) is 25.1. The number of aliphatic carboxylic acids is 1. The zero-order valence-corrected chi connectivity index (χ0v) is 18.4. The Morgan fingerprint density at radius 3 is 2.58 bits per heavy atom. The van der Waals surface area contributed by atoms with E-state index in [0.29, 0.717) is 11.1 Å². The van der Waals surface area contributed by atoms with Crippen LogP contribution in [0.15, 0.2) is 29.4 Å². The van der Waals surface area contributed by atoms with E-state index in [2.05, 4.69) is 31.2 Å². The Morgan fingerprint density at radius 1 is 1.45 bits per heavy atom. The summed E-state index contributed by atoms with van der Waals surface area (Å²) in [5.74, 6) is -2.76. The van der Waals surface area contributed by atoms with Crippen LogP contribution >= 0.6 is 23.1 Å². The van der Waals surface area contributed by atoms with Crippen molar-refractivity contribution in [1.29, 1.82) is 0 Å². The normalized spacial score (nSPS) is 16.4. The lowest BCUT2D eigenvalue weighted by Gasteiger charge is -2.30. The number of alkyl halides is 3. The molecule has 0 aliphatic carbocycles. The number of nitrogens with zero attached hydrogens (tertiary/aromatic N) is 3. The van der Waals surface area contributed by atoms with E-state index in [0.717, 1.165) is 43.3 Å². The lowest BCUT2D eigenvalue weighted by molar-refractivity contribution is -0.192. The topological polar surface area (TPSA) is 125 Å². The Labute approximate surface area is 185 Å². The molecule has 3 N–H and O–H groups in total. The lowest BCUT2D eigenvalue weighted by atomic mass is 10.2. The second-order valence-electron chi connectivity index (χ2n) is 6.20. The number of benzene rings is 1. The summed E-state index contributed by atoms with van der Waals surface area (Å²) in [5.41, 5.74) is 0.850. The summed E-state index contributed by atoms with van der Waals surface area (Å²) in [7, 11) is -3.73. The maximum Gasteiger partial charge on any atom is 0.490 e. The lowest BCUT2D eigenvalue weighted by Crippen LogP contribution is -2.37. The van der Waals surface area contributed by atoms with Crippen molar-refractivity contribution in [2.45, 2.75) is 30.5 Å². The quantitative estimate of drug-likeness (QED) is 0.552. The van der Waals surface area contributed by atoms with Gasteiger partial charge in [0.2, 0.25) is 5.13 Å². The van der Waals surface area contributed by atoms with Crippen LogP contribution in [0.4, 0.5) is 24.0 Å². The first-order valence-electron chi connectivity index (χ1n) is 8.82. The molecule has 2 heterocycles. The van der Waals surface area contributed by atoms with Crippen molar-refractivity contribution in [3.8, 4) is 0 Å². The van der Waals surface area contributed by atoms with Crippen LogP contribution in [0.1, 0.15) is 13.3 Å². The first-order valence-corrected chi connectivity index (χ1v) is 11.5. The van der Waals surface area contributed by atoms with Gasteiger partial charge in [0.1, 0.15) is 6.33 Å². The molecular formula is C16H19ClF3N5O4S2. The second-order valence-corrected chi connectivity index (χ2v) is 9.07. The number of carbonyl (C=O) groups is 1. The van der Waals surface area contributed by atoms with Gasteiger partial charge in [-0.05, 0) is 38.1 Å². The van der Waals surface area contributed by atoms with Gasteiger partial charge in [-0.1, -0.05) is 11.6 Å². The molecule has 1 fully saturated rings. The Bertz CT molecular complexity index is 984. The standard InChI is InChI=1S/C14H18ClN5O2S2.C2HF3O2/c1-2-20(10-5-6-16-8-10)13-4-3-11(7-12(13)15)24(21,22)19-14-17-9-18-23-14;3-2(4,5)1(6)7/h3-4,7,9-10,16H,2,5-6,8H2,1H3,(H,17,18,19);(H,6,7). The Hall–Kier alpha value is -2.16. The molecule has 1 atom stereocenters. The van der Waals surface area contributed by atoms with Gasteiger partial charge in [-0.2, -0.15) is 17.5 Å². The number of halogens is 4. The van der Waals surface area contributed by atoms with E-state index in [4.69, 9.17) is 21.5 Å². The number of sulfonamides is 1. The Kier molecular flexibility index (Phi) is 8.45. The SMILES string of the molecule is CCN(c1ccc(S(=O)(=O)Nc2ncns2)cc1Cl)C1CCNC1.O=C(O)C(F)(F)F. The molecule has 1 aromatic heterocycles. The maximum absolute atomic E-state index is 12.4. The molecular weight excluding hydrogens is 483 g/mol. The van der Waals surface area contributed by atoms with Crippen molar-refractivity contribution in [1.82, 2.24) is 14.7 Å². The fourth-order valence-corrected chi connectivity index (χ4v) is 4.85. The van der Waals surface area contributed by atoms with Crippen molar-refractivity contribution >= 4 is 49.9 Å². The van der Waals surface area contributed by atoms with Gasteiger partial charge in [0.05, 0.1) is 15.6 Å². The third-order valence-corrected chi connectivity index (χ3v) is 6.53. The van der Waals surface area contributed by atoms with Crippen molar-refractivity contribution in [3.63, 3.8) is 0 Å². The van der Waals surface area contributed by atoms with Gasteiger partial charge < -0.3 is 15.3 Å². The van der Waals surface area contributed by atoms with E-state index in [1.807, 2.05) is 0 Å². The molecule has 0 spiro atoms. The molecule has 0 saturated carbocycles. The van der Waals surface area contributed by atoms with Crippen LogP contribution in [0.3, 0.4) is 0 Å². The smallest absolute Gasteiger partial charge is 0.475 e. The Balaban J connectivity index is 0.000000423. The first-order chi connectivity index (χ1) is 14.5. The molecule has 0 amide bonds. The molecule has 0 radical (unpaired) electrons. The average Bonchev–Trinajstić information content (AvgIpc) is 3.37. The van der Waals surface area contributed by atoms with Crippen LogP contribution in [-0.4, -0.2) is 60.7 Å². The third kappa shape index (κ3) is 6.92. The van der Waals surface area contributed by atoms with E-state index in [1.54, 1.807) is 12.1 Å². The van der Waals surface area contributed by atoms with E-state index in [1.165, 1.54) is 12.4 Å². The predicted molar refractivity (Wildman–Crippen MR) is 110 cm³/mol. The number of aromatic nitrogens is 2. The van der Waals surface area contributed by atoms with Gasteiger partial charge in [-0.25, -0.2) is 18.2 Å². The molecule has 0 bridgehead atoms. The van der Waals surface area contributed by atoms with E-state index in [-0.39, 0.29) is 10.0 Å². The monoisotopic (exact) mass is 501 g/mol. The van der Waals surface area contributed by atoms with Crippen LogP contribution in [0, 0.1) is 0 Å². The molecule has 1 saturated heterocycles. The number of likely N-dealkylation sites (N-methyl/N-ethyl adjacent to an activating group) is 1. The number of nitrogens with one attached hydrogen (secondary N) is 2. The van der Waals surface area contributed by atoms with Gasteiger partial charge >= 0.3 is 12.1 Å². The largest absolute Gasteiger partial charge is 0.490 e. The summed E-state index contributed by atoms with van der Waals surface area (Å²) >= 11 is 7.37. The summed E-state index contributed by atoms with van der Waals surface area (Å²) in [6.45, 7) is 4.76. The van der Waals surface area contributed by atoms with Gasteiger partial charge in [-0.3, -0.25) is 4.72 Å². The number of anilines is 2.